The molecule has 2 N–H and O–H groups in total. The topological polar surface area (TPSA) is 58.5 Å². The van der Waals surface area contributed by atoms with Gasteiger partial charge in [-0.15, -0.1) is 10.2 Å². The number of benzene rings is 1. The average molecular weight is 253 g/mol. The third kappa shape index (κ3) is 2.49. The van der Waals surface area contributed by atoms with E-state index in [2.05, 4.69) is 32.6 Å². The third-order valence-corrected chi connectivity index (χ3v) is 2.98. The molecule has 2 heterocycles. The van der Waals surface area contributed by atoms with Crippen molar-refractivity contribution < 1.29 is 0 Å². The molecule has 0 radical (unpaired) electrons. The van der Waals surface area contributed by atoms with Crippen molar-refractivity contribution in [3.8, 4) is 11.4 Å². The normalized spacial score (nSPS) is 10.6. The van der Waals surface area contributed by atoms with Crippen LogP contribution in [0.4, 0.5) is 5.69 Å². The molecule has 5 nitrogen and oxygen atoms in total. The minimum absolute atomic E-state index is 0.773. The maximum atomic E-state index is 4.12. The van der Waals surface area contributed by atoms with Crippen molar-refractivity contribution in [2.24, 2.45) is 7.05 Å². The molecule has 0 bridgehead atoms. The van der Waals surface area contributed by atoms with E-state index in [1.54, 1.807) is 6.33 Å². The summed E-state index contributed by atoms with van der Waals surface area (Å²) in [7, 11) is 1.94. The smallest absolute Gasteiger partial charge is 0.163 e. The zero-order valence-electron chi connectivity index (χ0n) is 10.7. The van der Waals surface area contributed by atoms with Gasteiger partial charge >= 0.3 is 0 Å². The first-order valence-electron chi connectivity index (χ1n) is 6.13. The van der Waals surface area contributed by atoms with Gasteiger partial charge in [0.15, 0.2) is 5.82 Å². The van der Waals surface area contributed by atoms with E-state index in [0.717, 1.165) is 29.3 Å². The van der Waals surface area contributed by atoms with E-state index in [0.29, 0.717) is 0 Å². The largest absolute Gasteiger partial charge is 0.379 e. The zero-order chi connectivity index (χ0) is 13.1. The van der Waals surface area contributed by atoms with E-state index in [-0.39, 0.29) is 0 Å². The minimum atomic E-state index is 0.773. The summed E-state index contributed by atoms with van der Waals surface area (Å²) in [5, 5.41) is 11.4. The molecule has 0 atom stereocenters. The van der Waals surface area contributed by atoms with Crippen LogP contribution in [-0.2, 0) is 13.6 Å². The number of anilines is 1. The lowest BCUT2D eigenvalue weighted by molar-refractivity contribution is 0.919. The fourth-order valence-corrected chi connectivity index (χ4v) is 1.99. The molecule has 5 heteroatoms. The van der Waals surface area contributed by atoms with Crippen molar-refractivity contribution in [3.05, 3.63) is 54.6 Å². The van der Waals surface area contributed by atoms with E-state index >= 15 is 0 Å². The molecule has 3 rings (SSSR count). The van der Waals surface area contributed by atoms with E-state index in [9.17, 15) is 0 Å². The summed E-state index contributed by atoms with van der Waals surface area (Å²) >= 11 is 0. The summed E-state index contributed by atoms with van der Waals surface area (Å²) in [5.74, 6) is 0.864. The van der Waals surface area contributed by atoms with Crippen LogP contribution in [0.15, 0.2) is 48.9 Å². The Kier molecular flexibility index (Phi) is 3.02. The highest BCUT2D eigenvalue weighted by Gasteiger charge is 2.04. The molecule has 3 aromatic rings. The van der Waals surface area contributed by atoms with Crippen LogP contribution >= 0.6 is 0 Å². The van der Waals surface area contributed by atoms with Gasteiger partial charge in [0.25, 0.3) is 0 Å². The summed E-state index contributed by atoms with van der Waals surface area (Å²) in [4.78, 5) is 3.17. The fraction of sp³-hybridized carbons (Fsp3) is 0.143. The number of nitrogens with one attached hydrogen (secondary N) is 2. The van der Waals surface area contributed by atoms with Crippen LogP contribution in [0.1, 0.15) is 5.69 Å². The maximum Gasteiger partial charge on any atom is 0.163 e. The Morgan fingerprint density at radius 3 is 2.95 bits per heavy atom. The summed E-state index contributed by atoms with van der Waals surface area (Å²) in [6, 6.07) is 12.2. The van der Waals surface area contributed by atoms with Gasteiger partial charge in [0.1, 0.15) is 6.33 Å². The Bertz CT molecular complexity index is 654. The Balaban J connectivity index is 1.78. The lowest BCUT2D eigenvalue weighted by Gasteiger charge is -2.07. The Morgan fingerprint density at radius 2 is 2.21 bits per heavy atom. The van der Waals surface area contributed by atoms with Gasteiger partial charge in [-0.05, 0) is 24.3 Å². The van der Waals surface area contributed by atoms with Crippen molar-refractivity contribution in [3.63, 3.8) is 0 Å². The highest BCUT2D eigenvalue weighted by atomic mass is 15.2. The molecule has 0 spiro atoms. The van der Waals surface area contributed by atoms with Crippen molar-refractivity contribution >= 4 is 5.69 Å². The van der Waals surface area contributed by atoms with Crippen LogP contribution in [0.3, 0.4) is 0 Å². The molecule has 0 amide bonds. The van der Waals surface area contributed by atoms with E-state index in [1.165, 1.54) is 0 Å². The molecule has 0 aliphatic carbocycles. The van der Waals surface area contributed by atoms with Crippen molar-refractivity contribution in [2.75, 3.05) is 5.32 Å². The first-order valence-corrected chi connectivity index (χ1v) is 6.13. The monoisotopic (exact) mass is 253 g/mol. The molecular weight excluding hydrogens is 238 g/mol. The first-order chi connectivity index (χ1) is 9.33. The fourth-order valence-electron chi connectivity index (χ4n) is 1.99. The van der Waals surface area contributed by atoms with E-state index < -0.39 is 0 Å². The van der Waals surface area contributed by atoms with Crippen LogP contribution in [0.25, 0.3) is 11.4 Å². The van der Waals surface area contributed by atoms with Gasteiger partial charge in [-0.25, -0.2) is 0 Å². The second-order valence-corrected chi connectivity index (χ2v) is 4.40. The minimum Gasteiger partial charge on any atom is -0.379 e. The van der Waals surface area contributed by atoms with E-state index in [4.69, 9.17) is 0 Å². The van der Waals surface area contributed by atoms with Gasteiger partial charge in [0, 0.05) is 30.2 Å². The van der Waals surface area contributed by atoms with Crippen LogP contribution in [0.5, 0.6) is 0 Å². The Morgan fingerprint density at radius 1 is 1.26 bits per heavy atom. The number of rotatable bonds is 4. The summed E-state index contributed by atoms with van der Waals surface area (Å²) in [5.41, 5.74) is 3.27. The van der Waals surface area contributed by atoms with Crippen molar-refractivity contribution in [2.45, 2.75) is 6.54 Å². The third-order valence-electron chi connectivity index (χ3n) is 2.98. The molecule has 0 saturated carbocycles. The molecule has 1 aromatic carbocycles. The summed E-state index contributed by atoms with van der Waals surface area (Å²) in [6.45, 7) is 0.773. The zero-order valence-corrected chi connectivity index (χ0v) is 10.7. The lowest BCUT2D eigenvalue weighted by atomic mass is 10.2. The summed E-state index contributed by atoms with van der Waals surface area (Å²) in [6.07, 6.45) is 3.63. The Hall–Kier alpha value is -2.56. The van der Waals surface area contributed by atoms with Crippen molar-refractivity contribution in [1.82, 2.24) is 19.7 Å². The quantitative estimate of drug-likeness (QED) is 0.750. The number of H-pyrrole nitrogens is 1. The van der Waals surface area contributed by atoms with Crippen LogP contribution in [-0.4, -0.2) is 19.7 Å². The Labute approximate surface area is 111 Å². The number of hydrogen-bond acceptors (Lipinski definition) is 3. The van der Waals surface area contributed by atoms with Gasteiger partial charge in [0.2, 0.25) is 0 Å². The molecule has 0 saturated heterocycles. The van der Waals surface area contributed by atoms with Gasteiger partial charge < -0.3 is 14.9 Å². The van der Waals surface area contributed by atoms with Crippen molar-refractivity contribution in [1.29, 1.82) is 0 Å². The van der Waals surface area contributed by atoms with Crippen LogP contribution in [0, 0.1) is 0 Å². The lowest BCUT2D eigenvalue weighted by Crippen LogP contribution is -2.00. The second kappa shape index (κ2) is 4.97. The average Bonchev–Trinajstić information content (AvgIpc) is 3.08. The number of aromatic amines is 1. The molecule has 0 aliphatic heterocycles. The van der Waals surface area contributed by atoms with Gasteiger partial charge in [-0.3, -0.25) is 0 Å². The predicted octanol–water partition coefficient (Wildman–Crippen LogP) is 2.42. The van der Waals surface area contributed by atoms with Crippen LogP contribution < -0.4 is 5.32 Å². The first kappa shape index (κ1) is 11.5. The second-order valence-electron chi connectivity index (χ2n) is 4.40. The molecule has 0 fully saturated rings. The number of aromatic nitrogens is 4. The highest BCUT2D eigenvalue weighted by molar-refractivity contribution is 5.62. The standard InChI is InChI=1S/C14H15N5/c1-19-10-17-18-14(19)11-4-2-5-12(8-11)16-9-13-6-3-7-15-13/h2-8,10,15-16H,9H2,1H3. The number of aryl methyl sites for hydroxylation is 1. The molecule has 2 aromatic heterocycles. The highest BCUT2D eigenvalue weighted by Crippen LogP contribution is 2.20. The van der Waals surface area contributed by atoms with E-state index in [1.807, 2.05) is 42.1 Å². The summed E-state index contributed by atoms with van der Waals surface area (Å²) < 4.78 is 1.91. The molecule has 0 aliphatic rings. The van der Waals surface area contributed by atoms with Gasteiger partial charge in [-0.1, -0.05) is 12.1 Å². The maximum absolute atomic E-state index is 4.12. The van der Waals surface area contributed by atoms with Crippen LogP contribution in [0.2, 0.25) is 0 Å². The molecule has 0 unspecified atom stereocenters. The molecule has 19 heavy (non-hydrogen) atoms. The molecule has 96 valence electrons. The SMILES string of the molecule is Cn1cnnc1-c1cccc(NCc2ccc[nH]2)c1. The van der Waals surface area contributed by atoms with Gasteiger partial charge in [-0.2, -0.15) is 0 Å². The number of hydrogen-bond donors (Lipinski definition) is 2. The van der Waals surface area contributed by atoms with Gasteiger partial charge in [0.05, 0.1) is 6.54 Å². The number of nitrogens with zero attached hydrogens (tertiary/aromatic N) is 3. The predicted molar refractivity (Wildman–Crippen MR) is 74.6 cm³/mol. The molecular formula is C14H15N5.